The van der Waals surface area contributed by atoms with Crippen LogP contribution >= 0.6 is 11.6 Å². The average Bonchev–Trinajstić information content (AvgIpc) is 2.20. The minimum Gasteiger partial charge on any atom is -0.324 e. The number of benzene rings is 1. The van der Waals surface area contributed by atoms with Crippen LogP contribution in [0.2, 0.25) is 5.02 Å². The highest BCUT2D eigenvalue weighted by Crippen LogP contribution is 2.36. The van der Waals surface area contributed by atoms with Gasteiger partial charge in [-0.05, 0) is 42.4 Å². The van der Waals surface area contributed by atoms with E-state index in [0.29, 0.717) is 0 Å². The van der Waals surface area contributed by atoms with Gasteiger partial charge in [0.15, 0.2) is 0 Å². The van der Waals surface area contributed by atoms with Crippen molar-refractivity contribution in [3.63, 3.8) is 0 Å². The third-order valence-corrected chi connectivity index (χ3v) is 3.65. The number of nitrogens with two attached hydrogens (primary N) is 1. The molecule has 0 heterocycles. The number of halogens is 2. The predicted octanol–water partition coefficient (Wildman–Crippen LogP) is 4.10. The summed E-state index contributed by atoms with van der Waals surface area (Å²) in [6, 6.07) is 5.03. The monoisotopic (exact) mass is 267 g/mol. The molecule has 0 spiro atoms. The standard InChI is InChI=1S/C15H19ClFN/c1-15(2)8-11(6-12(18)9-15)5-10-3-4-14(17)13(16)7-10/h3-4,6-7,12H,5,8-9,18H2,1-2H3. The molecule has 18 heavy (non-hydrogen) atoms. The van der Waals surface area contributed by atoms with Crippen molar-refractivity contribution in [1.29, 1.82) is 0 Å². The second-order valence-corrected chi connectivity index (χ2v) is 6.37. The molecule has 0 fully saturated rings. The maximum atomic E-state index is 13.1. The first-order chi connectivity index (χ1) is 8.35. The number of rotatable bonds is 2. The van der Waals surface area contributed by atoms with Crippen molar-refractivity contribution >= 4 is 11.6 Å². The van der Waals surface area contributed by atoms with Crippen LogP contribution in [0.1, 0.15) is 32.3 Å². The van der Waals surface area contributed by atoms with E-state index in [4.69, 9.17) is 17.3 Å². The molecule has 98 valence electrons. The molecule has 1 unspecified atom stereocenters. The van der Waals surface area contributed by atoms with Gasteiger partial charge in [-0.25, -0.2) is 4.39 Å². The molecule has 2 rings (SSSR count). The molecule has 0 aliphatic heterocycles. The van der Waals surface area contributed by atoms with Crippen molar-refractivity contribution in [3.05, 3.63) is 46.3 Å². The minimum absolute atomic E-state index is 0.125. The van der Waals surface area contributed by atoms with E-state index in [1.54, 1.807) is 12.1 Å². The predicted molar refractivity (Wildman–Crippen MR) is 74.2 cm³/mol. The van der Waals surface area contributed by atoms with Gasteiger partial charge in [-0.1, -0.05) is 43.2 Å². The molecular formula is C15H19ClFN. The summed E-state index contributed by atoms with van der Waals surface area (Å²) < 4.78 is 13.1. The Morgan fingerprint density at radius 3 is 2.78 bits per heavy atom. The maximum Gasteiger partial charge on any atom is 0.141 e. The van der Waals surface area contributed by atoms with E-state index in [2.05, 4.69) is 19.9 Å². The lowest BCUT2D eigenvalue weighted by Crippen LogP contribution is -2.31. The second kappa shape index (κ2) is 5.02. The third-order valence-electron chi connectivity index (χ3n) is 3.36. The molecule has 0 radical (unpaired) electrons. The van der Waals surface area contributed by atoms with Gasteiger partial charge in [0.2, 0.25) is 0 Å². The molecule has 1 nitrogen and oxygen atoms in total. The summed E-state index contributed by atoms with van der Waals surface area (Å²) in [7, 11) is 0. The van der Waals surface area contributed by atoms with Crippen molar-refractivity contribution in [3.8, 4) is 0 Å². The molecule has 0 amide bonds. The normalized spacial score (nSPS) is 22.7. The van der Waals surface area contributed by atoms with Gasteiger partial charge in [-0.15, -0.1) is 0 Å². The summed E-state index contributed by atoms with van der Waals surface area (Å²) in [6.07, 6.45) is 5.00. The molecule has 1 aromatic carbocycles. The van der Waals surface area contributed by atoms with E-state index < -0.39 is 0 Å². The van der Waals surface area contributed by atoms with E-state index in [1.807, 2.05) is 0 Å². The fourth-order valence-corrected chi connectivity index (χ4v) is 2.98. The summed E-state index contributed by atoms with van der Waals surface area (Å²) in [6.45, 7) is 4.47. The molecule has 0 saturated carbocycles. The van der Waals surface area contributed by atoms with Crippen molar-refractivity contribution in [1.82, 2.24) is 0 Å². The Morgan fingerprint density at radius 1 is 1.44 bits per heavy atom. The molecule has 1 aliphatic rings. The van der Waals surface area contributed by atoms with Gasteiger partial charge < -0.3 is 5.73 Å². The molecule has 0 saturated heterocycles. The zero-order chi connectivity index (χ0) is 13.3. The van der Waals surface area contributed by atoms with Crippen molar-refractivity contribution in [2.24, 2.45) is 11.1 Å². The van der Waals surface area contributed by atoms with E-state index in [1.165, 1.54) is 11.6 Å². The summed E-state index contributed by atoms with van der Waals surface area (Å²) in [5.41, 5.74) is 8.65. The minimum atomic E-state index is -0.366. The number of hydrogen-bond donors (Lipinski definition) is 1. The van der Waals surface area contributed by atoms with E-state index in [9.17, 15) is 4.39 Å². The number of allylic oxidation sites excluding steroid dienone is 1. The van der Waals surface area contributed by atoms with Crippen LogP contribution in [0.25, 0.3) is 0 Å². The molecule has 3 heteroatoms. The summed E-state index contributed by atoms with van der Waals surface area (Å²) in [5, 5.41) is 0.187. The van der Waals surface area contributed by atoms with Crippen molar-refractivity contribution in [2.75, 3.05) is 0 Å². The van der Waals surface area contributed by atoms with Gasteiger partial charge in [0.1, 0.15) is 5.82 Å². The molecule has 1 atom stereocenters. The van der Waals surface area contributed by atoms with Gasteiger partial charge in [-0.2, -0.15) is 0 Å². The molecule has 1 aromatic rings. The topological polar surface area (TPSA) is 26.0 Å². The van der Waals surface area contributed by atoms with Gasteiger partial charge >= 0.3 is 0 Å². The maximum absolute atomic E-state index is 13.1. The molecular weight excluding hydrogens is 249 g/mol. The molecule has 0 bridgehead atoms. The Hall–Kier alpha value is -0.860. The van der Waals surface area contributed by atoms with Crippen molar-refractivity contribution < 1.29 is 4.39 Å². The van der Waals surface area contributed by atoms with Gasteiger partial charge in [0.05, 0.1) is 5.02 Å². The quantitative estimate of drug-likeness (QED) is 0.803. The largest absolute Gasteiger partial charge is 0.324 e. The number of hydrogen-bond acceptors (Lipinski definition) is 1. The van der Waals surface area contributed by atoms with Crippen LogP contribution in [-0.2, 0) is 6.42 Å². The van der Waals surface area contributed by atoms with Crippen LogP contribution in [0, 0.1) is 11.2 Å². The fourth-order valence-electron chi connectivity index (χ4n) is 2.78. The van der Waals surface area contributed by atoms with Gasteiger partial charge in [0, 0.05) is 6.04 Å². The van der Waals surface area contributed by atoms with Crippen LogP contribution in [0.15, 0.2) is 29.8 Å². The van der Waals surface area contributed by atoms with Crippen LogP contribution < -0.4 is 5.73 Å². The smallest absolute Gasteiger partial charge is 0.141 e. The first-order valence-electron chi connectivity index (χ1n) is 6.25. The van der Waals surface area contributed by atoms with Crippen molar-refractivity contribution in [2.45, 2.75) is 39.2 Å². The average molecular weight is 268 g/mol. The van der Waals surface area contributed by atoms with E-state index in [-0.39, 0.29) is 22.3 Å². The second-order valence-electron chi connectivity index (χ2n) is 5.96. The van der Waals surface area contributed by atoms with E-state index >= 15 is 0 Å². The Bertz CT molecular complexity index is 479. The van der Waals surface area contributed by atoms with Crippen LogP contribution in [0.4, 0.5) is 4.39 Å². The Balaban J connectivity index is 2.16. The molecule has 1 aliphatic carbocycles. The fraction of sp³-hybridized carbons (Fsp3) is 0.467. The SMILES string of the molecule is CC1(C)CC(Cc2ccc(F)c(Cl)c2)=CC(N)C1. The lowest BCUT2D eigenvalue weighted by atomic mass is 9.74. The molecule has 0 aromatic heterocycles. The lowest BCUT2D eigenvalue weighted by Gasteiger charge is -2.33. The first-order valence-corrected chi connectivity index (χ1v) is 6.63. The van der Waals surface area contributed by atoms with Crippen LogP contribution in [0.3, 0.4) is 0 Å². The Morgan fingerprint density at radius 2 is 2.17 bits per heavy atom. The van der Waals surface area contributed by atoms with Gasteiger partial charge in [-0.3, -0.25) is 0 Å². The third kappa shape index (κ3) is 3.33. The summed E-state index contributed by atoms with van der Waals surface area (Å²) in [4.78, 5) is 0. The molecule has 2 N–H and O–H groups in total. The van der Waals surface area contributed by atoms with Gasteiger partial charge in [0.25, 0.3) is 0 Å². The van der Waals surface area contributed by atoms with Crippen LogP contribution in [0.5, 0.6) is 0 Å². The highest BCUT2D eigenvalue weighted by atomic mass is 35.5. The first kappa shape index (κ1) is 13.6. The Labute approximate surface area is 113 Å². The summed E-state index contributed by atoms with van der Waals surface area (Å²) >= 11 is 5.80. The zero-order valence-corrected chi connectivity index (χ0v) is 11.6. The van der Waals surface area contributed by atoms with Crippen LogP contribution in [-0.4, -0.2) is 6.04 Å². The van der Waals surface area contributed by atoms with E-state index in [0.717, 1.165) is 24.8 Å². The zero-order valence-electron chi connectivity index (χ0n) is 10.8. The Kier molecular flexibility index (Phi) is 3.79. The highest BCUT2D eigenvalue weighted by molar-refractivity contribution is 6.30. The highest BCUT2D eigenvalue weighted by Gasteiger charge is 2.26. The summed E-state index contributed by atoms with van der Waals surface area (Å²) in [5.74, 6) is -0.366. The lowest BCUT2D eigenvalue weighted by molar-refractivity contribution is 0.299.